The first-order valence-electron chi connectivity index (χ1n) is 12.2. The third kappa shape index (κ3) is 5.97. The fourth-order valence-corrected chi connectivity index (χ4v) is 4.66. The zero-order valence-electron chi connectivity index (χ0n) is 22.5. The van der Waals surface area contributed by atoms with E-state index in [1.165, 1.54) is 20.3 Å². The molecule has 4 rings (SSSR count). The average molecular weight is 524 g/mol. The van der Waals surface area contributed by atoms with E-state index in [9.17, 15) is 4.39 Å². The fraction of sp³-hybridized carbons (Fsp3) is 0.407. The van der Waals surface area contributed by atoms with Crippen LogP contribution in [0.3, 0.4) is 0 Å². The van der Waals surface area contributed by atoms with E-state index in [1.54, 1.807) is 18.5 Å². The van der Waals surface area contributed by atoms with Crippen LogP contribution in [0.4, 0.5) is 4.39 Å². The van der Waals surface area contributed by atoms with Crippen LogP contribution in [-0.2, 0) is 17.4 Å². The molecule has 8 nitrogen and oxygen atoms in total. The number of rotatable bonds is 9. The second-order valence-corrected chi connectivity index (χ2v) is 15.3. The minimum Gasteiger partial charge on any atom is -0.497 e. The molecule has 4 aromatic rings. The van der Waals surface area contributed by atoms with Crippen molar-refractivity contribution < 1.29 is 18.3 Å². The van der Waals surface area contributed by atoms with E-state index >= 15 is 0 Å². The highest BCUT2D eigenvalue weighted by molar-refractivity contribution is 6.74. The van der Waals surface area contributed by atoms with Crippen molar-refractivity contribution in [3.8, 4) is 22.8 Å². The smallest absolute Gasteiger partial charge is 0.192 e. The molecule has 0 unspecified atom stereocenters. The van der Waals surface area contributed by atoms with Crippen LogP contribution in [0.5, 0.6) is 11.5 Å². The lowest BCUT2D eigenvalue weighted by atomic mass is 10.1. The van der Waals surface area contributed by atoms with Gasteiger partial charge in [-0.1, -0.05) is 20.8 Å². The van der Waals surface area contributed by atoms with Gasteiger partial charge in [-0.05, 0) is 36.3 Å². The minimum absolute atomic E-state index is 0.129. The predicted octanol–water partition coefficient (Wildman–Crippen LogP) is 5.66. The van der Waals surface area contributed by atoms with E-state index in [0.29, 0.717) is 47.0 Å². The highest BCUT2D eigenvalue weighted by Crippen LogP contribution is 2.36. The Morgan fingerprint density at radius 3 is 2.51 bits per heavy atom. The Balaban J connectivity index is 1.52. The van der Waals surface area contributed by atoms with Gasteiger partial charge < -0.3 is 13.9 Å². The molecule has 0 aliphatic heterocycles. The van der Waals surface area contributed by atoms with Gasteiger partial charge in [0.05, 0.1) is 45.5 Å². The molecule has 3 aromatic heterocycles. The second-order valence-electron chi connectivity index (χ2n) is 10.5. The summed E-state index contributed by atoms with van der Waals surface area (Å²) in [6.45, 7) is 12.4. The molecule has 0 radical (unpaired) electrons. The van der Waals surface area contributed by atoms with Gasteiger partial charge in [0.25, 0.3) is 0 Å². The van der Waals surface area contributed by atoms with Crippen molar-refractivity contribution in [1.29, 1.82) is 0 Å². The number of aromatic nitrogens is 5. The lowest BCUT2D eigenvalue weighted by Gasteiger charge is -2.36. The van der Waals surface area contributed by atoms with E-state index in [2.05, 4.69) is 48.9 Å². The van der Waals surface area contributed by atoms with Crippen molar-refractivity contribution in [2.45, 2.75) is 51.9 Å². The SMILES string of the molecule is COc1cc(Cc2ccc3ncc(-c4cnn(CCO[Si](C)(C)C(C)(C)C)c4)nc3n2)c(F)c(OC)c1. The first-order chi connectivity index (χ1) is 17.5. The molecule has 0 atom stereocenters. The summed E-state index contributed by atoms with van der Waals surface area (Å²) in [4.78, 5) is 13.9. The number of methoxy groups -OCH3 is 2. The third-order valence-corrected chi connectivity index (χ3v) is 11.4. The monoisotopic (exact) mass is 523 g/mol. The number of hydrogen-bond acceptors (Lipinski definition) is 7. The first-order valence-corrected chi connectivity index (χ1v) is 15.1. The topological polar surface area (TPSA) is 84.2 Å². The molecule has 37 heavy (non-hydrogen) atoms. The van der Waals surface area contributed by atoms with Gasteiger partial charge in [-0.2, -0.15) is 5.10 Å². The number of nitrogens with zero attached hydrogens (tertiary/aromatic N) is 5. The van der Waals surface area contributed by atoms with Gasteiger partial charge in [-0.25, -0.2) is 14.4 Å². The average Bonchev–Trinajstić information content (AvgIpc) is 3.33. The van der Waals surface area contributed by atoms with Crippen LogP contribution in [0, 0.1) is 5.82 Å². The van der Waals surface area contributed by atoms with Crippen molar-refractivity contribution in [2.75, 3.05) is 20.8 Å². The van der Waals surface area contributed by atoms with E-state index in [-0.39, 0.29) is 17.2 Å². The molecule has 0 amide bonds. The molecule has 0 bridgehead atoms. The summed E-state index contributed by atoms with van der Waals surface area (Å²) >= 11 is 0. The largest absolute Gasteiger partial charge is 0.497 e. The number of fused-ring (bicyclic) bond motifs is 1. The highest BCUT2D eigenvalue weighted by Gasteiger charge is 2.36. The molecule has 0 aliphatic carbocycles. The van der Waals surface area contributed by atoms with Gasteiger partial charge in [0.1, 0.15) is 11.3 Å². The van der Waals surface area contributed by atoms with Crippen LogP contribution in [0.25, 0.3) is 22.4 Å². The van der Waals surface area contributed by atoms with Gasteiger partial charge in [0.2, 0.25) is 0 Å². The van der Waals surface area contributed by atoms with Gasteiger partial charge in [-0.3, -0.25) is 9.67 Å². The first kappa shape index (κ1) is 26.7. The van der Waals surface area contributed by atoms with Crippen LogP contribution in [0.2, 0.25) is 18.1 Å². The summed E-state index contributed by atoms with van der Waals surface area (Å²) in [6, 6.07) is 6.83. The number of hydrogen-bond donors (Lipinski definition) is 0. The normalized spacial score (nSPS) is 12.2. The number of benzene rings is 1. The van der Waals surface area contributed by atoms with Crippen molar-refractivity contribution in [3.05, 3.63) is 59.9 Å². The molecular weight excluding hydrogens is 489 g/mol. The van der Waals surface area contributed by atoms with Crippen LogP contribution in [0.1, 0.15) is 32.0 Å². The molecule has 0 spiro atoms. The molecule has 0 saturated carbocycles. The lowest BCUT2D eigenvalue weighted by Crippen LogP contribution is -2.41. The van der Waals surface area contributed by atoms with Gasteiger partial charge >= 0.3 is 0 Å². The van der Waals surface area contributed by atoms with E-state index < -0.39 is 14.1 Å². The van der Waals surface area contributed by atoms with Crippen LogP contribution >= 0.6 is 0 Å². The number of pyridine rings is 1. The van der Waals surface area contributed by atoms with Crippen molar-refractivity contribution >= 4 is 19.5 Å². The van der Waals surface area contributed by atoms with E-state index in [1.807, 2.05) is 23.0 Å². The molecule has 3 heterocycles. The van der Waals surface area contributed by atoms with Crippen LogP contribution in [0.15, 0.2) is 42.9 Å². The second kappa shape index (κ2) is 10.5. The summed E-state index contributed by atoms with van der Waals surface area (Å²) < 4.78 is 33.4. The Morgan fingerprint density at radius 1 is 1.03 bits per heavy atom. The van der Waals surface area contributed by atoms with Gasteiger partial charge in [0, 0.05) is 35.5 Å². The van der Waals surface area contributed by atoms with Crippen molar-refractivity contribution in [3.63, 3.8) is 0 Å². The summed E-state index contributed by atoms with van der Waals surface area (Å²) in [5, 5.41) is 4.63. The van der Waals surface area contributed by atoms with E-state index in [4.69, 9.17) is 18.9 Å². The fourth-order valence-electron chi connectivity index (χ4n) is 3.62. The van der Waals surface area contributed by atoms with Crippen LogP contribution < -0.4 is 9.47 Å². The zero-order chi connectivity index (χ0) is 26.8. The Morgan fingerprint density at radius 2 is 1.81 bits per heavy atom. The number of ether oxygens (including phenoxy) is 2. The molecule has 0 aliphatic rings. The Labute approximate surface area is 218 Å². The Hall–Kier alpha value is -3.37. The third-order valence-electron chi connectivity index (χ3n) is 6.90. The minimum atomic E-state index is -1.80. The number of halogens is 1. The molecule has 196 valence electrons. The quantitative estimate of drug-likeness (QED) is 0.262. The molecule has 1 aromatic carbocycles. The Bertz CT molecular complexity index is 1400. The zero-order valence-corrected chi connectivity index (χ0v) is 23.5. The maximum atomic E-state index is 14.8. The predicted molar refractivity (Wildman–Crippen MR) is 144 cm³/mol. The summed E-state index contributed by atoms with van der Waals surface area (Å²) in [5.74, 6) is 0.210. The Kier molecular flexibility index (Phi) is 7.61. The van der Waals surface area contributed by atoms with Gasteiger partial charge in [0.15, 0.2) is 25.5 Å². The standard InChI is InChI=1S/C27H34FN5O3Si/c1-27(2,3)37(6,7)36-11-10-33-17-19(15-30-33)23-16-29-22-9-8-20(31-26(22)32-23)12-18-13-21(34-4)14-24(35-5)25(18)28/h8-9,13-17H,10-12H2,1-7H3. The van der Waals surface area contributed by atoms with Crippen molar-refractivity contribution in [1.82, 2.24) is 24.7 Å². The molecule has 0 fully saturated rings. The molecule has 0 saturated heterocycles. The maximum absolute atomic E-state index is 14.8. The summed E-state index contributed by atoms with van der Waals surface area (Å²) in [7, 11) is 1.16. The van der Waals surface area contributed by atoms with E-state index in [0.717, 1.165) is 5.56 Å². The molecule has 0 N–H and O–H groups in total. The molecular formula is C27H34FN5O3Si. The van der Waals surface area contributed by atoms with Crippen molar-refractivity contribution in [2.24, 2.45) is 0 Å². The molecule has 10 heteroatoms. The summed E-state index contributed by atoms with van der Waals surface area (Å²) in [5.41, 5.74) is 3.74. The van der Waals surface area contributed by atoms with Gasteiger partial charge in [-0.15, -0.1) is 0 Å². The lowest BCUT2D eigenvalue weighted by molar-refractivity contribution is 0.266. The summed E-state index contributed by atoms with van der Waals surface area (Å²) in [6.07, 6.45) is 5.67. The highest BCUT2D eigenvalue weighted by atomic mass is 28.4. The van der Waals surface area contributed by atoms with Crippen LogP contribution in [-0.4, -0.2) is 53.9 Å². The maximum Gasteiger partial charge on any atom is 0.192 e.